The van der Waals surface area contributed by atoms with Crippen molar-refractivity contribution in [2.75, 3.05) is 13.2 Å². The third-order valence-corrected chi connectivity index (χ3v) is 2.93. The largest absolute Gasteiger partial charge is 0.493 e. The highest BCUT2D eigenvalue weighted by molar-refractivity contribution is 5.29. The molecule has 0 spiro atoms. The first-order chi connectivity index (χ1) is 9.26. The molecular formula is C17H28FNO. The lowest BCUT2D eigenvalue weighted by Crippen LogP contribution is -2.19. The summed E-state index contributed by atoms with van der Waals surface area (Å²) in [6.07, 6.45) is 0.949. The fourth-order valence-corrected chi connectivity index (χ4v) is 1.79. The Labute approximate surface area is 122 Å². The zero-order chi connectivity index (χ0) is 15.2. The molecular weight excluding hydrogens is 253 g/mol. The van der Waals surface area contributed by atoms with Crippen LogP contribution in [0.5, 0.6) is 5.75 Å². The first-order valence-electron chi connectivity index (χ1n) is 7.39. The Balaban J connectivity index is 2.53. The molecule has 0 heterocycles. The lowest BCUT2D eigenvalue weighted by molar-refractivity contribution is 0.242. The topological polar surface area (TPSA) is 21.3 Å². The SMILES string of the molecule is CC(C)CNCc1cc(F)cc(OCCC(C)(C)C)c1. The minimum Gasteiger partial charge on any atom is -0.493 e. The van der Waals surface area contributed by atoms with Crippen LogP contribution in [0.3, 0.4) is 0 Å². The zero-order valence-electron chi connectivity index (χ0n) is 13.4. The summed E-state index contributed by atoms with van der Waals surface area (Å²) in [6.45, 7) is 13.0. The summed E-state index contributed by atoms with van der Waals surface area (Å²) in [5.41, 5.74) is 1.16. The molecule has 2 nitrogen and oxygen atoms in total. The standard InChI is InChI=1S/C17H28FNO/c1-13(2)11-19-12-14-8-15(18)10-16(9-14)20-7-6-17(3,4)5/h8-10,13,19H,6-7,11-12H2,1-5H3. The molecule has 0 amide bonds. The Hall–Kier alpha value is -1.09. The van der Waals surface area contributed by atoms with Crippen LogP contribution in [0.15, 0.2) is 18.2 Å². The van der Waals surface area contributed by atoms with Gasteiger partial charge in [0.1, 0.15) is 11.6 Å². The number of ether oxygens (including phenoxy) is 1. The molecule has 3 heteroatoms. The summed E-state index contributed by atoms with van der Waals surface area (Å²) >= 11 is 0. The number of halogens is 1. The Bertz CT molecular complexity index is 410. The maximum Gasteiger partial charge on any atom is 0.127 e. The van der Waals surface area contributed by atoms with Gasteiger partial charge in [0.05, 0.1) is 6.61 Å². The minimum absolute atomic E-state index is 0.231. The number of hydrogen-bond donors (Lipinski definition) is 1. The number of benzene rings is 1. The van der Waals surface area contributed by atoms with Crippen molar-refractivity contribution in [3.05, 3.63) is 29.6 Å². The first-order valence-corrected chi connectivity index (χ1v) is 7.39. The van der Waals surface area contributed by atoms with Crippen LogP contribution >= 0.6 is 0 Å². The van der Waals surface area contributed by atoms with Crippen molar-refractivity contribution >= 4 is 0 Å². The van der Waals surface area contributed by atoms with E-state index in [1.807, 2.05) is 6.07 Å². The summed E-state index contributed by atoms with van der Waals surface area (Å²) in [5.74, 6) is 0.973. The first kappa shape index (κ1) is 17.0. The van der Waals surface area contributed by atoms with E-state index in [2.05, 4.69) is 39.9 Å². The summed E-state index contributed by atoms with van der Waals surface area (Å²) in [7, 11) is 0. The van der Waals surface area contributed by atoms with Crippen LogP contribution in [0, 0.1) is 17.2 Å². The molecule has 0 aliphatic carbocycles. The van der Waals surface area contributed by atoms with E-state index in [-0.39, 0.29) is 11.2 Å². The second kappa shape index (κ2) is 7.63. The van der Waals surface area contributed by atoms with Crippen LogP contribution in [0.2, 0.25) is 0 Å². The van der Waals surface area contributed by atoms with E-state index in [1.54, 1.807) is 6.07 Å². The molecule has 0 saturated carbocycles. The van der Waals surface area contributed by atoms with Gasteiger partial charge in [-0.05, 0) is 42.0 Å². The Morgan fingerprint density at radius 3 is 2.50 bits per heavy atom. The monoisotopic (exact) mass is 281 g/mol. The number of nitrogens with one attached hydrogen (secondary N) is 1. The summed E-state index contributed by atoms with van der Waals surface area (Å²) in [5, 5.41) is 3.31. The van der Waals surface area contributed by atoms with Gasteiger partial charge in [-0.15, -0.1) is 0 Å². The molecule has 0 atom stereocenters. The molecule has 0 fully saturated rings. The highest BCUT2D eigenvalue weighted by Crippen LogP contribution is 2.21. The number of hydrogen-bond acceptors (Lipinski definition) is 2. The van der Waals surface area contributed by atoms with E-state index in [4.69, 9.17) is 4.74 Å². The van der Waals surface area contributed by atoms with Crippen molar-refractivity contribution in [2.24, 2.45) is 11.3 Å². The van der Waals surface area contributed by atoms with E-state index in [0.29, 0.717) is 24.8 Å². The quantitative estimate of drug-likeness (QED) is 0.800. The second-order valence-electron chi connectivity index (χ2n) is 6.98. The third-order valence-electron chi connectivity index (χ3n) is 2.93. The Kier molecular flexibility index (Phi) is 6.47. The molecule has 0 radical (unpaired) electrons. The van der Waals surface area contributed by atoms with E-state index < -0.39 is 0 Å². The van der Waals surface area contributed by atoms with Gasteiger partial charge in [0.2, 0.25) is 0 Å². The molecule has 0 aliphatic rings. The van der Waals surface area contributed by atoms with Crippen LogP contribution < -0.4 is 10.1 Å². The predicted octanol–water partition coefficient (Wildman–Crippen LogP) is 4.39. The van der Waals surface area contributed by atoms with Gasteiger partial charge in [0.25, 0.3) is 0 Å². The van der Waals surface area contributed by atoms with Gasteiger partial charge in [0, 0.05) is 12.6 Å². The van der Waals surface area contributed by atoms with Crippen LogP contribution in [0.1, 0.15) is 46.6 Å². The Morgan fingerprint density at radius 1 is 1.20 bits per heavy atom. The van der Waals surface area contributed by atoms with Gasteiger partial charge in [-0.25, -0.2) is 4.39 Å². The molecule has 1 aromatic rings. The molecule has 1 rings (SSSR count). The molecule has 0 aromatic heterocycles. The molecule has 1 N–H and O–H groups in total. The highest BCUT2D eigenvalue weighted by atomic mass is 19.1. The molecule has 0 bridgehead atoms. The average molecular weight is 281 g/mol. The second-order valence-corrected chi connectivity index (χ2v) is 6.98. The third kappa shape index (κ3) is 7.49. The van der Waals surface area contributed by atoms with E-state index in [9.17, 15) is 4.39 Å². The van der Waals surface area contributed by atoms with Gasteiger partial charge in [0.15, 0.2) is 0 Å². The molecule has 1 aromatic carbocycles. The molecule has 114 valence electrons. The summed E-state index contributed by atoms with van der Waals surface area (Å²) < 4.78 is 19.2. The number of rotatable bonds is 7. The zero-order valence-corrected chi connectivity index (χ0v) is 13.4. The van der Waals surface area contributed by atoms with E-state index in [1.165, 1.54) is 6.07 Å². The maximum absolute atomic E-state index is 13.6. The highest BCUT2D eigenvalue weighted by Gasteiger charge is 2.10. The minimum atomic E-state index is -0.236. The molecule has 0 aliphatic heterocycles. The van der Waals surface area contributed by atoms with Crippen LogP contribution in [-0.4, -0.2) is 13.2 Å². The maximum atomic E-state index is 13.6. The lowest BCUT2D eigenvalue weighted by atomic mass is 9.93. The molecule has 20 heavy (non-hydrogen) atoms. The van der Waals surface area contributed by atoms with Crippen molar-refractivity contribution in [2.45, 2.75) is 47.6 Å². The Morgan fingerprint density at radius 2 is 1.90 bits per heavy atom. The lowest BCUT2D eigenvalue weighted by Gasteiger charge is -2.18. The smallest absolute Gasteiger partial charge is 0.127 e. The summed E-state index contributed by atoms with van der Waals surface area (Å²) in [6, 6.07) is 4.93. The van der Waals surface area contributed by atoms with Crippen LogP contribution in [0.4, 0.5) is 4.39 Å². The summed E-state index contributed by atoms with van der Waals surface area (Å²) in [4.78, 5) is 0. The fraction of sp³-hybridized carbons (Fsp3) is 0.647. The van der Waals surface area contributed by atoms with Crippen LogP contribution in [-0.2, 0) is 6.54 Å². The average Bonchev–Trinajstić information content (AvgIpc) is 2.25. The van der Waals surface area contributed by atoms with Gasteiger partial charge < -0.3 is 10.1 Å². The van der Waals surface area contributed by atoms with Crippen molar-refractivity contribution in [1.29, 1.82) is 0 Å². The molecule has 0 saturated heterocycles. The normalized spacial score (nSPS) is 11.9. The van der Waals surface area contributed by atoms with Crippen molar-refractivity contribution in [3.63, 3.8) is 0 Å². The van der Waals surface area contributed by atoms with Gasteiger partial charge in [-0.3, -0.25) is 0 Å². The predicted molar refractivity (Wildman–Crippen MR) is 82.5 cm³/mol. The van der Waals surface area contributed by atoms with Gasteiger partial charge in [-0.2, -0.15) is 0 Å². The van der Waals surface area contributed by atoms with Crippen LogP contribution in [0.25, 0.3) is 0 Å². The fourth-order valence-electron chi connectivity index (χ4n) is 1.79. The van der Waals surface area contributed by atoms with Crippen molar-refractivity contribution in [3.8, 4) is 5.75 Å². The van der Waals surface area contributed by atoms with Crippen molar-refractivity contribution in [1.82, 2.24) is 5.32 Å². The molecule has 0 unspecified atom stereocenters. The van der Waals surface area contributed by atoms with E-state index >= 15 is 0 Å². The van der Waals surface area contributed by atoms with Gasteiger partial charge >= 0.3 is 0 Å². The van der Waals surface area contributed by atoms with E-state index in [0.717, 1.165) is 18.5 Å². The van der Waals surface area contributed by atoms with Crippen molar-refractivity contribution < 1.29 is 9.13 Å². The van der Waals surface area contributed by atoms with Gasteiger partial charge in [-0.1, -0.05) is 34.6 Å².